The molecule has 0 spiro atoms. The average Bonchev–Trinajstić information content (AvgIpc) is 2.58. The number of rotatable bonds is 4. The highest BCUT2D eigenvalue weighted by Gasteiger charge is 2.16. The van der Waals surface area contributed by atoms with Crippen molar-refractivity contribution in [3.05, 3.63) is 21.9 Å². The number of amides is 1. The fourth-order valence-corrected chi connectivity index (χ4v) is 2.43. The van der Waals surface area contributed by atoms with Crippen molar-refractivity contribution in [1.29, 1.82) is 0 Å². The Morgan fingerprint density at radius 3 is 2.72 bits per heavy atom. The van der Waals surface area contributed by atoms with Crippen LogP contribution in [-0.2, 0) is 11.2 Å². The summed E-state index contributed by atoms with van der Waals surface area (Å²) in [5.74, 6) is 0. The van der Waals surface area contributed by atoms with Gasteiger partial charge in [0.1, 0.15) is 5.60 Å². The molecule has 0 saturated heterocycles. The van der Waals surface area contributed by atoms with E-state index < -0.39 is 11.7 Å². The van der Waals surface area contributed by atoms with E-state index in [0.29, 0.717) is 6.54 Å². The third-order valence-corrected chi connectivity index (χ3v) is 3.23. The summed E-state index contributed by atoms with van der Waals surface area (Å²) in [4.78, 5) is 12.7. The molecule has 1 amide bonds. The molecule has 102 valence electrons. The predicted molar refractivity (Wildman–Crippen MR) is 75.0 cm³/mol. The first-order valence-electron chi connectivity index (χ1n) is 6.03. The first kappa shape index (κ1) is 15.0. The van der Waals surface area contributed by atoms with Gasteiger partial charge < -0.3 is 15.8 Å². The second kappa shape index (κ2) is 6.20. The molecule has 0 saturated carbocycles. The molecule has 1 heterocycles. The van der Waals surface area contributed by atoms with Crippen LogP contribution in [0.25, 0.3) is 0 Å². The zero-order valence-electron chi connectivity index (χ0n) is 11.4. The molecule has 1 rings (SSSR count). The first-order valence-corrected chi connectivity index (χ1v) is 6.90. The van der Waals surface area contributed by atoms with Crippen LogP contribution in [0.3, 0.4) is 0 Å². The van der Waals surface area contributed by atoms with Crippen molar-refractivity contribution < 1.29 is 9.53 Å². The first-order chi connectivity index (χ1) is 8.26. The van der Waals surface area contributed by atoms with E-state index in [1.807, 2.05) is 20.8 Å². The van der Waals surface area contributed by atoms with Gasteiger partial charge in [0.15, 0.2) is 0 Å². The largest absolute Gasteiger partial charge is 0.444 e. The molecule has 1 atom stereocenters. The lowest BCUT2D eigenvalue weighted by Gasteiger charge is -2.20. The minimum absolute atomic E-state index is 0.0874. The highest BCUT2D eigenvalue weighted by atomic mass is 32.1. The van der Waals surface area contributed by atoms with Crippen LogP contribution in [0.15, 0.2) is 11.4 Å². The topological polar surface area (TPSA) is 64.3 Å². The summed E-state index contributed by atoms with van der Waals surface area (Å²) in [6.07, 6.45) is 0.356. The Morgan fingerprint density at radius 2 is 2.22 bits per heavy atom. The average molecular weight is 270 g/mol. The quantitative estimate of drug-likeness (QED) is 0.883. The van der Waals surface area contributed by atoms with Crippen molar-refractivity contribution >= 4 is 17.4 Å². The number of carbonyl (C=O) groups excluding carboxylic acids is 1. The van der Waals surface area contributed by atoms with E-state index in [4.69, 9.17) is 10.5 Å². The molecule has 18 heavy (non-hydrogen) atoms. The molecular weight excluding hydrogens is 248 g/mol. The van der Waals surface area contributed by atoms with Crippen molar-refractivity contribution in [3.63, 3.8) is 0 Å². The SMILES string of the molecule is Cc1csc(CC(N)CNC(=O)OC(C)(C)C)c1. The van der Waals surface area contributed by atoms with E-state index in [2.05, 4.69) is 23.7 Å². The summed E-state index contributed by atoms with van der Waals surface area (Å²) >= 11 is 1.70. The summed E-state index contributed by atoms with van der Waals surface area (Å²) in [5, 5.41) is 4.79. The number of aryl methyl sites for hydroxylation is 1. The lowest BCUT2D eigenvalue weighted by Crippen LogP contribution is -2.40. The van der Waals surface area contributed by atoms with Crippen molar-refractivity contribution in [2.75, 3.05) is 6.54 Å². The van der Waals surface area contributed by atoms with Crippen LogP contribution in [0.5, 0.6) is 0 Å². The fourth-order valence-electron chi connectivity index (χ4n) is 1.46. The van der Waals surface area contributed by atoms with Gasteiger partial charge in [-0.25, -0.2) is 4.79 Å². The number of carbonyl (C=O) groups is 1. The molecular formula is C13H22N2O2S. The maximum atomic E-state index is 11.4. The minimum Gasteiger partial charge on any atom is -0.444 e. The lowest BCUT2D eigenvalue weighted by molar-refractivity contribution is 0.0524. The Morgan fingerprint density at radius 1 is 1.56 bits per heavy atom. The normalized spacial score (nSPS) is 13.2. The van der Waals surface area contributed by atoms with Crippen molar-refractivity contribution in [1.82, 2.24) is 5.32 Å². The maximum Gasteiger partial charge on any atom is 0.407 e. The van der Waals surface area contributed by atoms with Gasteiger partial charge in [-0.15, -0.1) is 11.3 Å². The molecule has 0 aliphatic rings. The molecule has 1 unspecified atom stereocenters. The van der Waals surface area contributed by atoms with Gasteiger partial charge in [0.05, 0.1) is 0 Å². The standard InChI is InChI=1S/C13H22N2O2S/c1-9-5-11(18-8-9)6-10(14)7-15-12(16)17-13(2,3)4/h5,8,10H,6-7,14H2,1-4H3,(H,15,16). The molecule has 1 aromatic rings. The minimum atomic E-state index is -0.473. The highest BCUT2D eigenvalue weighted by molar-refractivity contribution is 7.10. The Kier molecular flexibility index (Phi) is 5.16. The predicted octanol–water partition coefficient (Wildman–Crippen LogP) is 2.45. The van der Waals surface area contributed by atoms with Crippen LogP contribution in [-0.4, -0.2) is 24.3 Å². The highest BCUT2D eigenvalue weighted by Crippen LogP contribution is 2.15. The van der Waals surface area contributed by atoms with Crippen molar-refractivity contribution in [2.24, 2.45) is 5.73 Å². The van der Waals surface area contributed by atoms with Crippen LogP contribution in [0, 0.1) is 6.92 Å². The summed E-state index contributed by atoms with van der Waals surface area (Å²) in [7, 11) is 0. The molecule has 1 aromatic heterocycles. The Balaban J connectivity index is 2.29. The third-order valence-electron chi connectivity index (χ3n) is 2.16. The monoisotopic (exact) mass is 270 g/mol. The lowest BCUT2D eigenvalue weighted by atomic mass is 10.2. The van der Waals surface area contributed by atoms with Gasteiger partial charge in [0.25, 0.3) is 0 Å². The summed E-state index contributed by atoms with van der Waals surface area (Å²) in [6.45, 7) is 7.99. The number of hydrogen-bond donors (Lipinski definition) is 2. The molecule has 3 N–H and O–H groups in total. The van der Waals surface area contributed by atoms with E-state index >= 15 is 0 Å². The van der Waals surface area contributed by atoms with E-state index in [1.54, 1.807) is 11.3 Å². The van der Waals surface area contributed by atoms with Gasteiger partial charge in [0, 0.05) is 17.5 Å². The molecule has 0 aliphatic carbocycles. The van der Waals surface area contributed by atoms with Gasteiger partial charge in [-0.2, -0.15) is 0 Å². The van der Waals surface area contributed by atoms with Gasteiger partial charge >= 0.3 is 6.09 Å². The maximum absolute atomic E-state index is 11.4. The van der Waals surface area contributed by atoms with Crippen molar-refractivity contribution in [3.8, 4) is 0 Å². The van der Waals surface area contributed by atoms with Crippen LogP contribution < -0.4 is 11.1 Å². The third kappa shape index (κ3) is 6.02. The van der Waals surface area contributed by atoms with E-state index in [-0.39, 0.29) is 6.04 Å². The zero-order chi connectivity index (χ0) is 13.8. The summed E-state index contributed by atoms with van der Waals surface area (Å²) in [6, 6.07) is 2.04. The smallest absolute Gasteiger partial charge is 0.407 e. The summed E-state index contributed by atoms with van der Waals surface area (Å²) < 4.78 is 5.14. The van der Waals surface area contributed by atoms with Crippen molar-refractivity contribution in [2.45, 2.75) is 45.8 Å². The Bertz CT molecular complexity index is 396. The molecule has 4 nitrogen and oxygen atoms in total. The van der Waals surface area contributed by atoms with Crippen LogP contribution in [0.2, 0.25) is 0 Å². The number of thiophene rings is 1. The number of hydrogen-bond acceptors (Lipinski definition) is 4. The van der Waals surface area contributed by atoms with Crippen LogP contribution >= 0.6 is 11.3 Å². The Labute approximate surface area is 113 Å². The number of ether oxygens (including phenoxy) is 1. The van der Waals surface area contributed by atoms with Gasteiger partial charge in [-0.3, -0.25) is 0 Å². The second-order valence-electron chi connectivity index (χ2n) is 5.44. The van der Waals surface area contributed by atoms with Gasteiger partial charge in [-0.05, 0) is 51.1 Å². The number of nitrogens with one attached hydrogen (secondary N) is 1. The molecule has 0 bridgehead atoms. The van der Waals surface area contributed by atoms with E-state index in [9.17, 15) is 4.79 Å². The molecule has 5 heteroatoms. The van der Waals surface area contributed by atoms with Gasteiger partial charge in [0.2, 0.25) is 0 Å². The van der Waals surface area contributed by atoms with Crippen LogP contribution in [0.4, 0.5) is 4.79 Å². The molecule has 0 radical (unpaired) electrons. The summed E-state index contributed by atoms with van der Waals surface area (Å²) in [5.41, 5.74) is 6.74. The van der Waals surface area contributed by atoms with Gasteiger partial charge in [-0.1, -0.05) is 0 Å². The zero-order valence-corrected chi connectivity index (χ0v) is 12.3. The fraction of sp³-hybridized carbons (Fsp3) is 0.615. The Hall–Kier alpha value is -1.07. The second-order valence-corrected chi connectivity index (χ2v) is 6.43. The number of nitrogens with two attached hydrogens (primary N) is 1. The van der Waals surface area contributed by atoms with Crippen LogP contribution in [0.1, 0.15) is 31.2 Å². The molecule has 0 fully saturated rings. The van der Waals surface area contributed by atoms with E-state index in [1.165, 1.54) is 10.4 Å². The molecule has 0 aliphatic heterocycles. The molecule has 0 aromatic carbocycles. The number of alkyl carbamates (subject to hydrolysis) is 1. The van der Waals surface area contributed by atoms with E-state index in [0.717, 1.165) is 6.42 Å².